The number of halogens is 2. The van der Waals surface area contributed by atoms with E-state index in [2.05, 4.69) is 41.5 Å². The maximum atomic E-state index is 14.0. The van der Waals surface area contributed by atoms with E-state index in [0.717, 1.165) is 12.8 Å². The van der Waals surface area contributed by atoms with Gasteiger partial charge in [-0.3, -0.25) is 4.90 Å². The fourth-order valence-corrected chi connectivity index (χ4v) is 5.03. The number of nitrogens with zero attached hydrogens (tertiary/aromatic N) is 8. The van der Waals surface area contributed by atoms with Crippen molar-refractivity contribution in [3.63, 3.8) is 0 Å². The van der Waals surface area contributed by atoms with E-state index in [0.29, 0.717) is 72.3 Å². The molecule has 3 aromatic rings. The van der Waals surface area contributed by atoms with Crippen molar-refractivity contribution < 1.29 is 9.13 Å². The lowest BCUT2D eigenvalue weighted by Gasteiger charge is -2.47. The minimum atomic E-state index is -0.480. The van der Waals surface area contributed by atoms with Gasteiger partial charge in [-0.1, -0.05) is 23.3 Å². The van der Waals surface area contributed by atoms with Crippen LogP contribution >= 0.6 is 11.6 Å². The highest BCUT2D eigenvalue weighted by molar-refractivity contribution is 6.36. The van der Waals surface area contributed by atoms with Crippen molar-refractivity contribution in [2.45, 2.75) is 31.0 Å². The number of nitrogens with one attached hydrogen (secondary N) is 2. The minimum absolute atomic E-state index is 0.206. The smallest absolute Gasteiger partial charge is 0.275 e. The highest BCUT2D eigenvalue weighted by atomic mass is 35.5. The van der Waals surface area contributed by atoms with E-state index in [1.54, 1.807) is 12.1 Å². The van der Waals surface area contributed by atoms with Gasteiger partial charge in [0.25, 0.3) is 17.4 Å². The van der Waals surface area contributed by atoms with Gasteiger partial charge in [-0.25, -0.2) is 9.37 Å². The Hall–Kier alpha value is -3.71. The van der Waals surface area contributed by atoms with E-state index < -0.39 is 6.67 Å². The van der Waals surface area contributed by atoms with E-state index >= 15 is 0 Å². The van der Waals surface area contributed by atoms with Gasteiger partial charge in [0, 0.05) is 25.7 Å². The fourth-order valence-electron chi connectivity index (χ4n) is 4.75. The highest BCUT2D eigenvalue weighted by Gasteiger charge is 2.36. The zero-order valence-electron chi connectivity index (χ0n) is 19.9. The zero-order valence-corrected chi connectivity index (χ0v) is 20.6. The topological polar surface area (TPSA) is 111 Å². The van der Waals surface area contributed by atoms with Crippen molar-refractivity contribution in [3.8, 4) is 6.07 Å². The second-order valence-corrected chi connectivity index (χ2v) is 9.82. The first-order chi connectivity index (χ1) is 18.1. The summed E-state index contributed by atoms with van der Waals surface area (Å²) in [5, 5.41) is 21.0. The molecule has 37 heavy (non-hydrogen) atoms. The Kier molecular flexibility index (Phi) is 6.16. The minimum Gasteiger partial charge on any atom is -0.378 e. The van der Waals surface area contributed by atoms with Gasteiger partial charge in [0.15, 0.2) is 5.82 Å². The predicted octanol–water partition coefficient (Wildman–Crippen LogP) is 3.38. The van der Waals surface area contributed by atoms with Crippen LogP contribution in [0.25, 0.3) is 10.5 Å². The molecule has 2 N–H and O–H groups in total. The Labute approximate surface area is 217 Å². The van der Waals surface area contributed by atoms with E-state index in [1.807, 2.05) is 4.90 Å². The monoisotopic (exact) mass is 522 g/mol. The van der Waals surface area contributed by atoms with Crippen molar-refractivity contribution in [3.05, 3.63) is 40.3 Å². The quantitative estimate of drug-likeness (QED) is 0.451. The van der Waals surface area contributed by atoms with Gasteiger partial charge in [0.1, 0.15) is 6.67 Å². The largest absolute Gasteiger partial charge is 0.378 e. The van der Waals surface area contributed by atoms with Crippen LogP contribution in [0.3, 0.4) is 0 Å². The molecular formula is C24H24ClFN10O. The summed E-state index contributed by atoms with van der Waals surface area (Å²) >= 11 is 6.86. The van der Waals surface area contributed by atoms with Crippen LogP contribution in [-0.4, -0.2) is 82.1 Å². The molecule has 11 nitrogen and oxygen atoms in total. The lowest BCUT2D eigenvalue weighted by molar-refractivity contribution is -0.0842. The normalized spacial score (nSPS) is 20.3. The Morgan fingerprint density at radius 3 is 2.81 bits per heavy atom. The summed E-state index contributed by atoms with van der Waals surface area (Å²) in [6.45, 7) is 9.98. The zero-order chi connectivity index (χ0) is 25.5. The summed E-state index contributed by atoms with van der Waals surface area (Å²) < 4.78 is 20.7. The van der Waals surface area contributed by atoms with Crippen LogP contribution in [0, 0.1) is 17.9 Å². The maximum absolute atomic E-state index is 14.0. The molecule has 13 heteroatoms. The number of anilines is 4. The van der Waals surface area contributed by atoms with E-state index in [9.17, 15) is 9.65 Å². The van der Waals surface area contributed by atoms with E-state index in [-0.39, 0.29) is 23.8 Å². The number of piperazine rings is 1. The molecule has 0 spiro atoms. The van der Waals surface area contributed by atoms with Gasteiger partial charge in [-0.15, -0.1) is 4.52 Å². The van der Waals surface area contributed by atoms with Gasteiger partial charge >= 0.3 is 0 Å². The van der Waals surface area contributed by atoms with Crippen LogP contribution in [0.4, 0.5) is 33.3 Å². The van der Waals surface area contributed by atoms with Crippen molar-refractivity contribution in [1.29, 1.82) is 5.26 Å². The van der Waals surface area contributed by atoms with Crippen molar-refractivity contribution in [2.24, 2.45) is 0 Å². The van der Waals surface area contributed by atoms with Crippen LogP contribution in [-0.2, 0) is 4.74 Å². The van der Waals surface area contributed by atoms with Crippen LogP contribution in [0.5, 0.6) is 0 Å². The van der Waals surface area contributed by atoms with E-state index in [1.165, 1.54) is 10.7 Å². The van der Waals surface area contributed by atoms with Crippen LogP contribution in [0.15, 0.2) is 18.3 Å². The predicted molar refractivity (Wildman–Crippen MR) is 136 cm³/mol. The van der Waals surface area contributed by atoms with Gasteiger partial charge in [-0.2, -0.15) is 10.2 Å². The molecule has 1 aliphatic carbocycles. The molecule has 3 fully saturated rings. The Morgan fingerprint density at radius 2 is 2.14 bits per heavy atom. The second-order valence-electron chi connectivity index (χ2n) is 9.44. The molecule has 1 atom stereocenters. The number of ether oxygens (including phenoxy) is 1. The molecule has 190 valence electrons. The molecule has 1 saturated carbocycles. The standard InChI is InChI=1S/C24H24ClFN10O/c1-28-20-10-29-23-22(30-15-2-3-15)32-24(33-36(20)23)31-18-6-14(9-27)7-19(21(18)25)34-4-5-35(16(8-26)11-34)17-12-37-13-17/h6-7,10,15-17H,2-5,8,11-13H2,(H2,30,31,32,33). The SMILES string of the molecule is [C-]#[N+]c1cnc2c(NC3CC3)nc(Nc3cc(C#N)cc(N4CCN(C5COC5)C(CF)C4)c3Cl)nn12. The molecule has 6 rings (SSSR count). The summed E-state index contributed by atoms with van der Waals surface area (Å²) in [5.41, 5.74) is 1.96. The van der Waals surface area contributed by atoms with Crippen LogP contribution in [0.2, 0.25) is 5.02 Å². The van der Waals surface area contributed by atoms with Gasteiger partial charge in [0.2, 0.25) is 0 Å². The Balaban J connectivity index is 1.32. The molecule has 0 radical (unpaired) electrons. The van der Waals surface area contributed by atoms with Crippen molar-refractivity contribution in [1.82, 2.24) is 24.5 Å². The fraction of sp³-hybridized carbons (Fsp3) is 0.458. The van der Waals surface area contributed by atoms with Crippen molar-refractivity contribution >= 4 is 46.2 Å². The highest BCUT2D eigenvalue weighted by Crippen LogP contribution is 2.37. The number of benzene rings is 1. The molecule has 0 amide bonds. The first-order valence-electron chi connectivity index (χ1n) is 12.1. The maximum Gasteiger partial charge on any atom is 0.275 e. The number of rotatable bonds is 7. The molecule has 2 saturated heterocycles. The third-order valence-corrected chi connectivity index (χ3v) is 7.34. The summed E-state index contributed by atoms with van der Waals surface area (Å²) in [4.78, 5) is 16.6. The molecular weight excluding hydrogens is 499 g/mol. The molecule has 4 heterocycles. The summed E-state index contributed by atoms with van der Waals surface area (Å²) in [5.74, 6) is 0.978. The number of fused-ring (bicyclic) bond motifs is 1. The summed E-state index contributed by atoms with van der Waals surface area (Å²) in [7, 11) is 0. The molecule has 1 unspecified atom stereocenters. The van der Waals surface area contributed by atoms with Crippen molar-refractivity contribution in [2.75, 3.05) is 55.1 Å². The van der Waals surface area contributed by atoms with Crippen LogP contribution < -0.4 is 15.5 Å². The molecule has 3 aliphatic rings. The third-order valence-electron chi connectivity index (χ3n) is 6.94. The second kappa shape index (κ2) is 9.63. The molecule has 0 bridgehead atoms. The average molecular weight is 523 g/mol. The summed E-state index contributed by atoms with van der Waals surface area (Å²) in [6, 6.07) is 5.81. The molecule has 2 aliphatic heterocycles. The average Bonchev–Trinajstić information content (AvgIpc) is 3.60. The number of aromatic nitrogens is 4. The van der Waals surface area contributed by atoms with Gasteiger partial charge in [-0.05, 0) is 25.0 Å². The third kappa shape index (κ3) is 4.48. The number of hydrogen-bond acceptors (Lipinski definition) is 9. The van der Waals surface area contributed by atoms with E-state index in [4.69, 9.17) is 22.9 Å². The number of nitriles is 1. The van der Waals surface area contributed by atoms with Crippen LogP contribution in [0.1, 0.15) is 18.4 Å². The number of imidazole rings is 1. The lowest BCUT2D eigenvalue weighted by atomic mass is 10.1. The van der Waals surface area contributed by atoms with Gasteiger partial charge in [0.05, 0.1) is 59.5 Å². The Bertz CT molecular complexity index is 1420. The molecule has 2 aromatic heterocycles. The van der Waals surface area contributed by atoms with Gasteiger partial charge < -0.3 is 25.1 Å². The molecule has 1 aromatic carbocycles. The number of hydrogen-bond donors (Lipinski definition) is 2. The Morgan fingerprint density at radius 1 is 1.30 bits per heavy atom. The first-order valence-corrected chi connectivity index (χ1v) is 12.5. The summed E-state index contributed by atoms with van der Waals surface area (Å²) in [6.07, 6.45) is 3.53. The lowest BCUT2D eigenvalue weighted by Crippen LogP contribution is -2.62. The number of alkyl halides is 1. The first kappa shape index (κ1) is 23.7.